The molecule has 5 nitrogen and oxygen atoms in total. The number of hydrogen-bond donors (Lipinski definition) is 0. The molecule has 0 saturated heterocycles. The minimum Gasteiger partial charge on any atom is -0.493 e. The van der Waals surface area contributed by atoms with E-state index in [1.807, 2.05) is 42.5 Å². The molecule has 0 aromatic heterocycles. The smallest absolute Gasteiger partial charge is 0.318 e. The molecule has 2 aromatic carbocycles. The van der Waals surface area contributed by atoms with Crippen LogP contribution in [0.15, 0.2) is 48.0 Å². The number of fused-ring (bicyclic) bond motifs is 2. The quantitative estimate of drug-likeness (QED) is 0.681. The Morgan fingerprint density at radius 3 is 2.30 bits per heavy atom. The molecule has 0 bridgehead atoms. The highest BCUT2D eigenvalue weighted by Gasteiger charge is 2.57. The summed E-state index contributed by atoms with van der Waals surface area (Å²) in [6.45, 7) is 0. The monoisotopic (exact) mass is 404 g/mol. The van der Waals surface area contributed by atoms with Gasteiger partial charge in [0.1, 0.15) is 5.76 Å². The molecule has 30 heavy (non-hydrogen) atoms. The summed E-state index contributed by atoms with van der Waals surface area (Å²) >= 11 is 0. The second-order valence-electron chi connectivity index (χ2n) is 8.27. The maximum Gasteiger partial charge on any atom is 0.318 e. The molecular weight excluding hydrogens is 380 g/mol. The average molecular weight is 404 g/mol. The summed E-state index contributed by atoms with van der Waals surface area (Å²) in [5.41, 5.74) is 2.08. The van der Waals surface area contributed by atoms with Crippen molar-refractivity contribution in [1.29, 1.82) is 0 Å². The number of hydrogen-bond acceptors (Lipinski definition) is 5. The van der Waals surface area contributed by atoms with Crippen molar-refractivity contribution in [2.24, 2.45) is 5.41 Å². The minimum absolute atomic E-state index is 0.0437. The van der Waals surface area contributed by atoms with E-state index in [9.17, 15) is 9.59 Å². The first kappa shape index (κ1) is 18.9. The van der Waals surface area contributed by atoms with Crippen molar-refractivity contribution >= 4 is 17.5 Å². The molecule has 0 radical (unpaired) electrons. The van der Waals surface area contributed by atoms with E-state index < -0.39 is 5.41 Å². The van der Waals surface area contributed by atoms with Crippen molar-refractivity contribution in [3.63, 3.8) is 0 Å². The van der Waals surface area contributed by atoms with Crippen LogP contribution in [0.25, 0.3) is 5.76 Å². The number of benzene rings is 2. The van der Waals surface area contributed by atoms with Gasteiger partial charge in [0.15, 0.2) is 17.3 Å². The lowest BCUT2D eigenvalue weighted by molar-refractivity contribution is -0.153. The van der Waals surface area contributed by atoms with Gasteiger partial charge in [-0.1, -0.05) is 49.6 Å². The number of methoxy groups -OCH3 is 2. The molecule has 1 fully saturated rings. The van der Waals surface area contributed by atoms with Crippen molar-refractivity contribution in [3.8, 4) is 11.5 Å². The summed E-state index contributed by atoms with van der Waals surface area (Å²) in [5, 5.41) is 0. The van der Waals surface area contributed by atoms with E-state index in [1.165, 1.54) is 0 Å². The fraction of sp³-hybridized carbons (Fsp3) is 0.360. The van der Waals surface area contributed by atoms with E-state index in [2.05, 4.69) is 0 Å². The van der Waals surface area contributed by atoms with Crippen LogP contribution in [-0.4, -0.2) is 26.0 Å². The molecule has 5 heteroatoms. The molecule has 0 amide bonds. The van der Waals surface area contributed by atoms with E-state index in [4.69, 9.17) is 14.2 Å². The number of rotatable bonds is 3. The fourth-order valence-corrected chi connectivity index (χ4v) is 5.43. The lowest BCUT2D eigenvalue weighted by Crippen LogP contribution is -2.44. The van der Waals surface area contributed by atoms with Gasteiger partial charge in [0.2, 0.25) is 0 Å². The summed E-state index contributed by atoms with van der Waals surface area (Å²) in [6, 6.07) is 13.1. The molecule has 1 heterocycles. The highest BCUT2D eigenvalue weighted by Crippen LogP contribution is 2.59. The number of carbonyl (C=O) groups is 2. The van der Waals surface area contributed by atoms with Crippen LogP contribution in [0.1, 0.15) is 59.5 Å². The van der Waals surface area contributed by atoms with Gasteiger partial charge in [-0.2, -0.15) is 0 Å². The zero-order valence-corrected chi connectivity index (χ0v) is 17.2. The summed E-state index contributed by atoms with van der Waals surface area (Å²) < 4.78 is 16.8. The molecule has 1 unspecified atom stereocenters. The van der Waals surface area contributed by atoms with Gasteiger partial charge in [-0.15, -0.1) is 0 Å². The zero-order valence-electron chi connectivity index (χ0n) is 17.2. The average Bonchev–Trinajstić information content (AvgIpc) is 3.06. The predicted octanol–water partition coefficient (Wildman–Crippen LogP) is 4.90. The molecule has 154 valence electrons. The molecular formula is C25H24O5. The van der Waals surface area contributed by atoms with Crippen molar-refractivity contribution in [1.82, 2.24) is 0 Å². The standard InChI is InChI=1S/C25H24O5/c1-28-18-11-10-15(14-19(18)29-2)21-20-22(26)16-8-4-5-9-17(16)23(20)30-24(27)25(21)12-6-3-7-13-25/h4-5,8-11,14,21H,3,6-7,12-13H2,1-2H3. The first-order chi connectivity index (χ1) is 14.6. The predicted molar refractivity (Wildman–Crippen MR) is 112 cm³/mol. The highest BCUT2D eigenvalue weighted by molar-refractivity contribution is 6.22. The van der Waals surface area contributed by atoms with Crippen LogP contribution in [0, 0.1) is 5.41 Å². The van der Waals surface area contributed by atoms with Crippen LogP contribution in [0.5, 0.6) is 11.5 Å². The Morgan fingerprint density at radius 2 is 1.60 bits per heavy atom. The van der Waals surface area contributed by atoms with Gasteiger partial charge < -0.3 is 14.2 Å². The summed E-state index contributed by atoms with van der Waals surface area (Å²) in [4.78, 5) is 27.0. The lowest BCUT2D eigenvalue weighted by Gasteiger charge is -2.44. The van der Waals surface area contributed by atoms with Crippen molar-refractivity contribution < 1.29 is 23.8 Å². The van der Waals surface area contributed by atoms with Gasteiger partial charge >= 0.3 is 5.97 Å². The van der Waals surface area contributed by atoms with Crippen molar-refractivity contribution in [2.45, 2.75) is 38.0 Å². The van der Waals surface area contributed by atoms with Crippen LogP contribution >= 0.6 is 0 Å². The Labute approximate surface area is 175 Å². The topological polar surface area (TPSA) is 61.8 Å². The largest absolute Gasteiger partial charge is 0.493 e. The van der Waals surface area contributed by atoms with Gasteiger partial charge in [0.05, 0.1) is 25.2 Å². The van der Waals surface area contributed by atoms with Crippen LogP contribution in [-0.2, 0) is 9.53 Å². The molecule has 2 aromatic rings. The Morgan fingerprint density at radius 1 is 0.900 bits per heavy atom. The van der Waals surface area contributed by atoms with Gasteiger partial charge in [0.25, 0.3) is 0 Å². The zero-order chi connectivity index (χ0) is 20.9. The van der Waals surface area contributed by atoms with Gasteiger partial charge in [0, 0.05) is 17.0 Å². The van der Waals surface area contributed by atoms with E-state index in [1.54, 1.807) is 14.2 Å². The van der Waals surface area contributed by atoms with E-state index in [0.29, 0.717) is 46.8 Å². The van der Waals surface area contributed by atoms with Crippen molar-refractivity contribution in [3.05, 3.63) is 64.7 Å². The summed E-state index contributed by atoms with van der Waals surface area (Å²) in [7, 11) is 3.18. The second-order valence-corrected chi connectivity index (χ2v) is 8.27. The van der Waals surface area contributed by atoms with Crippen LogP contribution in [0.3, 0.4) is 0 Å². The normalized spacial score (nSPS) is 21.9. The number of esters is 1. The molecule has 1 atom stereocenters. The molecule has 1 spiro atoms. The third-order valence-corrected chi connectivity index (χ3v) is 6.83. The number of ketones is 1. The van der Waals surface area contributed by atoms with Gasteiger partial charge in [-0.25, -0.2) is 0 Å². The maximum absolute atomic E-state index is 13.5. The minimum atomic E-state index is -0.728. The number of allylic oxidation sites excluding steroid dienone is 1. The van der Waals surface area contributed by atoms with E-state index in [-0.39, 0.29) is 17.7 Å². The summed E-state index contributed by atoms with van der Waals surface area (Å²) in [6.07, 6.45) is 4.41. The number of carbonyl (C=O) groups excluding carboxylic acids is 2. The van der Waals surface area contributed by atoms with Gasteiger partial charge in [-0.05, 0) is 30.5 Å². The Balaban J connectivity index is 1.74. The Bertz CT molecular complexity index is 1070. The first-order valence-corrected chi connectivity index (χ1v) is 10.4. The molecule has 5 rings (SSSR count). The van der Waals surface area contributed by atoms with Crippen LogP contribution < -0.4 is 9.47 Å². The third kappa shape index (κ3) is 2.54. The maximum atomic E-state index is 13.5. The molecule has 1 aliphatic heterocycles. The Hall–Kier alpha value is -3.08. The lowest BCUT2D eigenvalue weighted by atomic mass is 9.60. The summed E-state index contributed by atoms with van der Waals surface area (Å²) in [5.74, 6) is 1.01. The van der Waals surface area contributed by atoms with E-state index in [0.717, 1.165) is 24.8 Å². The first-order valence-electron chi connectivity index (χ1n) is 10.4. The number of ether oxygens (including phenoxy) is 3. The molecule has 2 aliphatic carbocycles. The third-order valence-electron chi connectivity index (χ3n) is 6.83. The molecule has 0 N–H and O–H groups in total. The van der Waals surface area contributed by atoms with Crippen molar-refractivity contribution in [2.75, 3.05) is 14.2 Å². The Kier molecular flexibility index (Phi) is 4.42. The SMILES string of the molecule is COc1ccc(C2C3=C(OC(=O)C24CCCCC4)c2ccccc2C3=O)cc1OC. The van der Waals surface area contributed by atoms with Gasteiger partial charge in [-0.3, -0.25) is 9.59 Å². The molecule has 1 saturated carbocycles. The van der Waals surface area contributed by atoms with Crippen LogP contribution in [0.2, 0.25) is 0 Å². The molecule has 3 aliphatic rings. The highest BCUT2D eigenvalue weighted by atomic mass is 16.5. The fourth-order valence-electron chi connectivity index (χ4n) is 5.43. The van der Waals surface area contributed by atoms with E-state index >= 15 is 0 Å². The second kappa shape index (κ2) is 7.01. The van der Waals surface area contributed by atoms with Crippen LogP contribution in [0.4, 0.5) is 0 Å². The number of Topliss-reactive ketones (excluding diaryl/α,β-unsaturated/α-hetero) is 1.